The van der Waals surface area contributed by atoms with Crippen LogP contribution in [0.5, 0.6) is 0 Å². The summed E-state index contributed by atoms with van der Waals surface area (Å²) >= 11 is 0. The molecule has 0 saturated heterocycles. The first kappa shape index (κ1) is 10.0. The highest BCUT2D eigenvalue weighted by atomic mass is 14.9. The predicted molar refractivity (Wildman–Crippen MR) is 57.0 cm³/mol. The fourth-order valence-electron chi connectivity index (χ4n) is 1.36. The average molecular weight is 178 g/mol. The molecular weight excluding hydrogens is 160 g/mol. The number of nitrogens with one attached hydrogen (secondary N) is 1. The van der Waals surface area contributed by atoms with Crippen molar-refractivity contribution in [2.75, 3.05) is 5.32 Å². The first-order valence-electron chi connectivity index (χ1n) is 4.94. The molecule has 72 valence electrons. The molecule has 2 nitrogen and oxygen atoms in total. The van der Waals surface area contributed by atoms with Crippen molar-refractivity contribution in [3.8, 4) is 0 Å². The fraction of sp³-hybridized carbons (Fsp3) is 0.545. The maximum atomic E-state index is 4.14. The number of hydrogen-bond acceptors (Lipinski definition) is 2. The van der Waals surface area contributed by atoms with Crippen LogP contribution in [0.3, 0.4) is 0 Å². The van der Waals surface area contributed by atoms with Gasteiger partial charge in [0.1, 0.15) is 0 Å². The van der Waals surface area contributed by atoms with E-state index in [0.717, 1.165) is 18.5 Å². The van der Waals surface area contributed by atoms with Gasteiger partial charge in [-0.1, -0.05) is 13.8 Å². The Morgan fingerprint density at radius 3 is 2.54 bits per heavy atom. The van der Waals surface area contributed by atoms with E-state index in [2.05, 4.69) is 37.1 Å². The molecule has 0 aliphatic heterocycles. The van der Waals surface area contributed by atoms with E-state index in [-0.39, 0.29) is 0 Å². The Bertz CT molecular complexity index is 254. The lowest BCUT2D eigenvalue weighted by Gasteiger charge is -2.15. The smallest absolute Gasteiger partial charge is 0.0531 e. The van der Waals surface area contributed by atoms with Gasteiger partial charge in [0.15, 0.2) is 0 Å². The van der Waals surface area contributed by atoms with Gasteiger partial charge >= 0.3 is 0 Å². The second kappa shape index (κ2) is 4.85. The number of nitrogens with zero attached hydrogens (tertiary/aromatic N) is 1. The highest BCUT2D eigenvalue weighted by Crippen LogP contribution is 2.11. The van der Waals surface area contributed by atoms with E-state index >= 15 is 0 Å². The summed E-state index contributed by atoms with van der Waals surface area (Å²) < 4.78 is 0. The van der Waals surface area contributed by atoms with E-state index in [1.54, 1.807) is 0 Å². The van der Waals surface area contributed by atoms with Crippen molar-refractivity contribution < 1.29 is 0 Å². The molecule has 0 amide bonds. The summed E-state index contributed by atoms with van der Waals surface area (Å²) in [6.45, 7) is 6.46. The molecule has 0 aliphatic rings. The Kier molecular flexibility index (Phi) is 3.74. The Labute approximate surface area is 80.4 Å². The molecule has 0 atom stereocenters. The molecule has 0 fully saturated rings. The monoisotopic (exact) mass is 178 g/mol. The minimum absolute atomic E-state index is 0.573. The lowest BCUT2D eigenvalue weighted by Crippen LogP contribution is -2.16. The first-order chi connectivity index (χ1) is 6.26. The maximum absolute atomic E-state index is 4.14. The molecule has 2 heteroatoms. The topological polar surface area (TPSA) is 24.9 Å². The number of hydrogen-bond donors (Lipinski definition) is 1. The molecule has 1 aromatic rings. The van der Waals surface area contributed by atoms with Crippen LogP contribution in [0, 0.1) is 6.92 Å². The van der Waals surface area contributed by atoms with Crippen molar-refractivity contribution >= 4 is 5.69 Å². The SMILES string of the molecule is CCC(CC)Nc1cncc(C)c1. The summed E-state index contributed by atoms with van der Waals surface area (Å²) in [5.41, 5.74) is 2.34. The standard InChI is InChI=1S/C11H18N2/c1-4-10(5-2)13-11-6-9(3)7-12-8-11/h6-8,10,13H,4-5H2,1-3H3. The summed E-state index contributed by atoms with van der Waals surface area (Å²) in [6.07, 6.45) is 6.07. The third kappa shape index (κ3) is 3.05. The normalized spacial score (nSPS) is 10.5. The summed E-state index contributed by atoms with van der Waals surface area (Å²) in [5, 5.41) is 3.46. The second-order valence-corrected chi connectivity index (χ2v) is 3.41. The molecule has 0 unspecified atom stereocenters. The zero-order valence-corrected chi connectivity index (χ0v) is 8.67. The minimum atomic E-state index is 0.573. The summed E-state index contributed by atoms with van der Waals surface area (Å²) in [6, 6.07) is 2.70. The van der Waals surface area contributed by atoms with Crippen LogP contribution in [-0.4, -0.2) is 11.0 Å². The fourth-order valence-corrected chi connectivity index (χ4v) is 1.36. The van der Waals surface area contributed by atoms with Crippen LogP contribution in [0.25, 0.3) is 0 Å². The van der Waals surface area contributed by atoms with Crippen LogP contribution in [0.2, 0.25) is 0 Å². The number of aryl methyl sites for hydroxylation is 1. The largest absolute Gasteiger partial charge is 0.381 e. The lowest BCUT2D eigenvalue weighted by molar-refractivity contribution is 0.671. The molecule has 0 bridgehead atoms. The number of anilines is 1. The van der Waals surface area contributed by atoms with E-state index in [1.165, 1.54) is 5.56 Å². The van der Waals surface area contributed by atoms with Crippen molar-refractivity contribution in [2.24, 2.45) is 0 Å². The molecule has 0 aliphatic carbocycles. The van der Waals surface area contributed by atoms with Gasteiger partial charge in [-0.2, -0.15) is 0 Å². The van der Waals surface area contributed by atoms with Gasteiger partial charge in [0.05, 0.1) is 5.69 Å². The number of pyridine rings is 1. The van der Waals surface area contributed by atoms with Crippen LogP contribution < -0.4 is 5.32 Å². The molecule has 1 heterocycles. The zero-order chi connectivity index (χ0) is 9.68. The lowest BCUT2D eigenvalue weighted by atomic mass is 10.1. The van der Waals surface area contributed by atoms with Crippen molar-refractivity contribution in [1.82, 2.24) is 4.98 Å². The molecule has 0 spiro atoms. The maximum Gasteiger partial charge on any atom is 0.0531 e. The molecule has 1 N–H and O–H groups in total. The second-order valence-electron chi connectivity index (χ2n) is 3.41. The molecular formula is C11H18N2. The van der Waals surface area contributed by atoms with Gasteiger partial charge in [-0.15, -0.1) is 0 Å². The van der Waals surface area contributed by atoms with Gasteiger partial charge in [0.25, 0.3) is 0 Å². The molecule has 0 saturated carbocycles. The van der Waals surface area contributed by atoms with Crippen molar-refractivity contribution in [3.63, 3.8) is 0 Å². The summed E-state index contributed by atoms with van der Waals surface area (Å²) in [4.78, 5) is 4.14. The Hall–Kier alpha value is -1.05. The summed E-state index contributed by atoms with van der Waals surface area (Å²) in [5.74, 6) is 0. The zero-order valence-electron chi connectivity index (χ0n) is 8.67. The minimum Gasteiger partial charge on any atom is -0.381 e. The first-order valence-corrected chi connectivity index (χ1v) is 4.94. The Morgan fingerprint density at radius 1 is 1.31 bits per heavy atom. The van der Waals surface area contributed by atoms with Crippen molar-refractivity contribution in [3.05, 3.63) is 24.0 Å². The van der Waals surface area contributed by atoms with E-state index in [0.29, 0.717) is 6.04 Å². The van der Waals surface area contributed by atoms with Crippen LogP contribution in [0.4, 0.5) is 5.69 Å². The van der Waals surface area contributed by atoms with Gasteiger partial charge in [-0.3, -0.25) is 4.98 Å². The van der Waals surface area contributed by atoms with Gasteiger partial charge in [0, 0.05) is 18.4 Å². The molecule has 1 rings (SSSR count). The van der Waals surface area contributed by atoms with Gasteiger partial charge < -0.3 is 5.32 Å². The van der Waals surface area contributed by atoms with Crippen molar-refractivity contribution in [2.45, 2.75) is 39.7 Å². The van der Waals surface area contributed by atoms with Gasteiger partial charge in [0.2, 0.25) is 0 Å². The third-order valence-electron chi connectivity index (χ3n) is 2.23. The van der Waals surface area contributed by atoms with Crippen LogP contribution in [0.15, 0.2) is 18.5 Å². The van der Waals surface area contributed by atoms with E-state index in [1.807, 2.05) is 12.4 Å². The highest BCUT2D eigenvalue weighted by molar-refractivity contribution is 5.43. The Balaban J connectivity index is 2.62. The van der Waals surface area contributed by atoms with Crippen molar-refractivity contribution in [1.29, 1.82) is 0 Å². The molecule has 0 aromatic carbocycles. The average Bonchev–Trinajstić information content (AvgIpc) is 2.14. The Morgan fingerprint density at radius 2 is 2.00 bits per heavy atom. The molecule has 0 radical (unpaired) electrons. The number of aromatic nitrogens is 1. The van der Waals surface area contributed by atoms with Crippen LogP contribution >= 0.6 is 0 Å². The summed E-state index contributed by atoms with van der Waals surface area (Å²) in [7, 11) is 0. The van der Waals surface area contributed by atoms with E-state index in [9.17, 15) is 0 Å². The highest BCUT2D eigenvalue weighted by Gasteiger charge is 2.02. The predicted octanol–water partition coefficient (Wildman–Crippen LogP) is 2.99. The molecule has 13 heavy (non-hydrogen) atoms. The van der Waals surface area contributed by atoms with E-state index < -0.39 is 0 Å². The van der Waals surface area contributed by atoms with Crippen LogP contribution in [0.1, 0.15) is 32.3 Å². The third-order valence-corrected chi connectivity index (χ3v) is 2.23. The van der Waals surface area contributed by atoms with Gasteiger partial charge in [-0.05, 0) is 31.4 Å². The number of rotatable bonds is 4. The molecule has 1 aromatic heterocycles. The van der Waals surface area contributed by atoms with Gasteiger partial charge in [-0.25, -0.2) is 0 Å². The van der Waals surface area contributed by atoms with Crippen LogP contribution in [-0.2, 0) is 0 Å². The van der Waals surface area contributed by atoms with E-state index in [4.69, 9.17) is 0 Å². The quantitative estimate of drug-likeness (QED) is 0.766.